The number of aromatic hydroxyl groups is 1. The molecule has 1 aromatic carbocycles. The smallest absolute Gasteiger partial charge is 0.406 e. The number of halogens is 3. The Hall–Kier alpha value is -1.63. The van der Waals surface area contributed by atoms with Gasteiger partial charge in [-0.2, -0.15) is 13.2 Å². The molecule has 1 aliphatic carbocycles. The van der Waals surface area contributed by atoms with Crippen LogP contribution in [0.5, 0.6) is 17.2 Å². The number of rotatable bonds is 5. The molecule has 2 rings (SSSR count). The van der Waals surface area contributed by atoms with Crippen molar-refractivity contribution in [3.8, 4) is 17.2 Å². The van der Waals surface area contributed by atoms with Crippen LogP contribution in [0.2, 0.25) is 0 Å². The molecule has 0 unspecified atom stereocenters. The number of hydrogen-bond donors (Lipinski definition) is 2. The average Bonchev–Trinajstić information content (AvgIpc) is 3.18. The summed E-state index contributed by atoms with van der Waals surface area (Å²) in [5.41, 5.74) is -1.22. The zero-order valence-corrected chi connectivity index (χ0v) is 11.2. The molecule has 0 atom stereocenters. The summed E-state index contributed by atoms with van der Waals surface area (Å²) in [6.07, 6.45) is -4.08. The molecule has 7 heteroatoms. The summed E-state index contributed by atoms with van der Waals surface area (Å²) in [6.45, 7) is 0.0203. The van der Waals surface area contributed by atoms with Crippen LogP contribution in [0.1, 0.15) is 18.4 Å². The van der Waals surface area contributed by atoms with Crippen molar-refractivity contribution in [2.24, 2.45) is 0 Å². The molecule has 0 spiro atoms. The lowest BCUT2D eigenvalue weighted by Crippen LogP contribution is -2.44. The average molecular weight is 291 g/mol. The molecule has 2 N–H and O–H groups in total. The Labute approximate surface area is 114 Å². The van der Waals surface area contributed by atoms with Gasteiger partial charge in [0, 0.05) is 6.54 Å². The first-order chi connectivity index (χ1) is 9.33. The molecule has 112 valence electrons. The maximum atomic E-state index is 12.8. The van der Waals surface area contributed by atoms with Gasteiger partial charge < -0.3 is 14.6 Å². The fraction of sp³-hybridized carbons (Fsp3) is 0.538. The molecule has 0 aromatic heterocycles. The first-order valence-corrected chi connectivity index (χ1v) is 6.08. The SMILES string of the molecule is COc1cc(CNC2(C(F)(F)F)CC2)cc(OC)c1O. The van der Waals surface area contributed by atoms with Crippen molar-refractivity contribution in [1.82, 2.24) is 5.32 Å². The van der Waals surface area contributed by atoms with E-state index in [0.29, 0.717) is 5.56 Å². The van der Waals surface area contributed by atoms with Gasteiger partial charge in [0.2, 0.25) is 5.75 Å². The normalized spacial score (nSPS) is 16.9. The maximum Gasteiger partial charge on any atom is 0.406 e. The minimum Gasteiger partial charge on any atom is -0.502 e. The summed E-state index contributed by atoms with van der Waals surface area (Å²) in [6, 6.07) is 2.97. The summed E-state index contributed by atoms with van der Waals surface area (Å²) in [4.78, 5) is 0. The lowest BCUT2D eigenvalue weighted by atomic mass is 10.1. The molecule has 1 aliphatic rings. The van der Waals surface area contributed by atoms with Gasteiger partial charge >= 0.3 is 6.18 Å². The third-order valence-corrected chi connectivity index (χ3v) is 3.46. The predicted molar refractivity (Wildman–Crippen MR) is 66.1 cm³/mol. The molecular weight excluding hydrogens is 275 g/mol. The highest BCUT2D eigenvalue weighted by Gasteiger charge is 2.62. The van der Waals surface area contributed by atoms with Gasteiger partial charge in [-0.3, -0.25) is 5.32 Å². The molecular formula is C13H16F3NO3. The van der Waals surface area contributed by atoms with Gasteiger partial charge in [-0.05, 0) is 30.5 Å². The third-order valence-electron chi connectivity index (χ3n) is 3.46. The van der Waals surface area contributed by atoms with E-state index in [0.717, 1.165) is 0 Å². The summed E-state index contributed by atoms with van der Waals surface area (Å²) in [7, 11) is 2.73. The number of phenols is 1. The van der Waals surface area contributed by atoms with Crippen LogP contribution < -0.4 is 14.8 Å². The van der Waals surface area contributed by atoms with Crippen molar-refractivity contribution in [2.45, 2.75) is 31.1 Å². The summed E-state index contributed by atoms with van der Waals surface area (Å²) >= 11 is 0. The van der Waals surface area contributed by atoms with Crippen LogP contribution in [0.3, 0.4) is 0 Å². The van der Waals surface area contributed by atoms with Gasteiger partial charge in [-0.15, -0.1) is 0 Å². The van der Waals surface area contributed by atoms with Gasteiger partial charge in [0.05, 0.1) is 14.2 Å². The Morgan fingerprint density at radius 1 is 1.20 bits per heavy atom. The molecule has 1 fully saturated rings. The van der Waals surface area contributed by atoms with E-state index in [9.17, 15) is 18.3 Å². The number of methoxy groups -OCH3 is 2. The molecule has 4 nitrogen and oxygen atoms in total. The Balaban J connectivity index is 2.14. The van der Waals surface area contributed by atoms with E-state index in [4.69, 9.17) is 9.47 Å². The lowest BCUT2D eigenvalue weighted by Gasteiger charge is -2.21. The van der Waals surface area contributed by atoms with Crippen LogP contribution in [-0.2, 0) is 6.54 Å². The Kier molecular flexibility index (Phi) is 3.73. The van der Waals surface area contributed by atoms with Crippen LogP contribution in [0, 0.1) is 0 Å². The Bertz CT molecular complexity index is 473. The maximum absolute atomic E-state index is 12.8. The molecule has 0 aliphatic heterocycles. The lowest BCUT2D eigenvalue weighted by molar-refractivity contribution is -0.166. The molecule has 20 heavy (non-hydrogen) atoms. The minimum absolute atomic E-state index is 0.0203. The van der Waals surface area contributed by atoms with Crippen molar-refractivity contribution in [1.29, 1.82) is 0 Å². The first kappa shape index (κ1) is 14.8. The highest BCUT2D eigenvalue weighted by molar-refractivity contribution is 5.52. The second kappa shape index (κ2) is 5.05. The fourth-order valence-corrected chi connectivity index (χ4v) is 2.01. The topological polar surface area (TPSA) is 50.7 Å². The standard InChI is InChI=1S/C13H16F3NO3/c1-19-9-5-8(6-10(20-2)11(9)18)7-17-12(3-4-12)13(14,15)16/h5-6,17-18H,3-4,7H2,1-2H3. The van der Waals surface area contributed by atoms with Gasteiger partial charge in [0.1, 0.15) is 5.54 Å². The van der Waals surface area contributed by atoms with E-state index in [-0.39, 0.29) is 36.6 Å². The van der Waals surface area contributed by atoms with Gasteiger partial charge in [-0.1, -0.05) is 0 Å². The molecule has 1 aromatic rings. The van der Waals surface area contributed by atoms with Crippen LogP contribution >= 0.6 is 0 Å². The minimum atomic E-state index is -4.25. The Morgan fingerprint density at radius 3 is 2.05 bits per heavy atom. The van der Waals surface area contributed by atoms with E-state index in [1.54, 1.807) is 0 Å². The van der Waals surface area contributed by atoms with Crippen LogP contribution in [0.25, 0.3) is 0 Å². The zero-order valence-electron chi connectivity index (χ0n) is 11.2. The van der Waals surface area contributed by atoms with Crippen LogP contribution in [-0.4, -0.2) is 31.0 Å². The number of phenolic OH excluding ortho intramolecular Hbond substituents is 1. The second-order valence-corrected chi connectivity index (χ2v) is 4.78. The third kappa shape index (κ3) is 2.63. The number of hydrogen-bond acceptors (Lipinski definition) is 4. The number of ether oxygens (including phenoxy) is 2. The van der Waals surface area contributed by atoms with Crippen molar-refractivity contribution >= 4 is 0 Å². The van der Waals surface area contributed by atoms with E-state index in [1.165, 1.54) is 26.4 Å². The molecule has 0 amide bonds. The highest BCUT2D eigenvalue weighted by atomic mass is 19.4. The number of alkyl halides is 3. The molecule has 1 saturated carbocycles. The molecule has 0 bridgehead atoms. The van der Waals surface area contributed by atoms with Crippen LogP contribution in [0.15, 0.2) is 12.1 Å². The van der Waals surface area contributed by atoms with Crippen molar-refractivity contribution in [3.05, 3.63) is 17.7 Å². The zero-order chi connectivity index (χ0) is 15.0. The largest absolute Gasteiger partial charge is 0.502 e. The van der Waals surface area contributed by atoms with Crippen molar-refractivity contribution in [3.63, 3.8) is 0 Å². The summed E-state index contributed by atoms with van der Waals surface area (Å²) < 4.78 is 48.3. The fourth-order valence-electron chi connectivity index (χ4n) is 2.01. The van der Waals surface area contributed by atoms with E-state index in [2.05, 4.69) is 5.32 Å². The highest BCUT2D eigenvalue weighted by Crippen LogP contribution is 2.49. The number of nitrogens with one attached hydrogen (secondary N) is 1. The van der Waals surface area contributed by atoms with Crippen LogP contribution in [0.4, 0.5) is 13.2 Å². The van der Waals surface area contributed by atoms with Gasteiger partial charge in [0.25, 0.3) is 0 Å². The summed E-state index contributed by atoms with van der Waals surface area (Å²) in [5, 5.41) is 12.3. The summed E-state index contributed by atoms with van der Waals surface area (Å²) in [5.74, 6) is 0.159. The van der Waals surface area contributed by atoms with Crippen molar-refractivity contribution < 1.29 is 27.8 Å². The second-order valence-electron chi connectivity index (χ2n) is 4.78. The predicted octanol–water partition coefficient (Wildman–Crippen LogP) is 2.59. The molecule has 0 radical (unpaired) electrons. The van der Waals surface area contributed by atoms with E-state index >= 15 is 0 Å². The number of benzene rings is 1. The monoisotopic (exact) mass is 291 g/mol. The van der Waals surface area contributed by atoms with E-state index in [1.807, 2.05) is 0 Å². The quantitative estimate of drug-likeness (QED) is 0.875. The van der Waals surface area contributed by atoms with Gasteiger partial charge in [-0.25, -0.2) is 0 Å². The Morgan fingerprint density at radius 2 is 1.70 bits per heavy atom. The van der Waals surface area contributed by atoms with Gasteiger partial charge in [0.15, 0.2) is 11.5 Å². The first-order valence-electron chi connectivity index (χ1n) is 6.08. The molecule has 0 saturated heterocycles. The van der Waals surface area contributed by atoms with E-state index < -0.39 is 11.7 Å². The van der Waals surface area contributed by atoms with Crippen molar-refractivity contribution in [2.75, 3.05) is 14.2 Å². The molecule has 0 heterocycles.